The topological polar surface area (TPSA) is 119 Å². The van der Waals surface area contributed by atoms with E-state index in [2.05, 4.69) is 20.8 Å². The van der Waals surface area contributed by atoms with Gasteiger partial charge in [0.25, 0.3) is 5.69 Å². The molecule has 0 aliphatic heterocycles. The number of carbonyl (C=O) groups is 1. The molecule has 1 unspecified atom stereocenters. The smallest absolute Gasteiger partial charge is 0.271 e. The zero-order chi connectivity index (χ0) is 21.7. The number of ether oxygens (including phenoxy) is 1. The maximum absolute atomic E-state index is 12.5. The number of benzene rings is 2. The third-order valence-corrected chi connectivity index (χ3v) is 6.15. The summed E-state index contributed by atoms with van der Waals surface area (Å²) in [6.07, 6.45) is 0. The summed E-state index contributed by atoms with van der Waals surface area (Å²) in [5.41, 5.74) is 0.993. The Hall–Kier alpha value is -2.89. The number of nitrogens with one attached hydrogen (secondary N) is 2. The first-order chi connectivity index (χ1) is 14.4. The Morgan fingerprint density at radius 3 is 2.63 bits per heavy atom. The molecule has 1 heterocycles. The summed E-state index contributed by atoms with van der Waals surface area (Å²) in [6, 6.07) is 11.2. The molecule has 9 nitrogen and oxygen atoms in total. The Labute approximate surface area is 185 Å². The van der Waals surface area contributed by atoms with E-state index in [1.165, 1.54) is 41.3 Å². The second-order valence-electron chi connectivity index (χ2n) is 5.90. The van der Waals surface area contributed by atoms with E-state index in [9.17, 15) is 14.9 Å². The highest BCUT2D eigenvalue weighted by molar-refractivity contribution is 8.02. The number of anilines is 3. The summed E-state index contributed by atoms with van der Waals surface area (Å²) < 4.78 is 5.74. The van der Waals surface area contributed by atoms with Crippen LogP contribution in [0.1, 0.15) is 6.92 Å². The zero-order valence-corrected chi connectivity index (χ0v) is 18.2. The SMILES string of the molecule is COc1ccc(Nc2nnc(SC(C)C(=O)Nc3ccc([N+](=O)[O-])cc3Cl)s2)cc1. The summed E-state index contributed by atoms with van der Waals surface area (Å²) >= 11 is 8.58. The van der Waals surface area contributed by atoms with Crippen molar-refractivity contribution in [1.82, 2.24) is 10.2 Å². The molecule has 0 fully saturated rings. The molecule has 0 aliphatic rings. The number of nitro benzene ring substituents is 1. The number of thioether (sulfide) groups is 1. The molecule has 1 aromatic heterocycles. The zero-order valence-electron chi connectivity index (χ0n) is 15.8. The lowest BCUT2D eigenvalue weighted by atomic mass is 10.2. The van der Waals surface area contributed by atoms with E-state index in [0.717, 1.165) is 11.4 Å². The Kier molecular flexibility index (Phi) is 7.08. The number of nitro groups is 1. The average Bonchev–Trinajstić information content (AvgIpc) is 3.16. The van der Waals surface area contributed by atoms with E-state index in [0.29, 0.717) is 15.2 Å². The summed E-state index contributed by atoms with van der Waals surface area (Å²) in [4.78, 5) is 22.7. The molecule has 0 aliphatic carbocycles. The number of methoxy groups -OCH3 is 1. The van der Waals surface area contributed by atoms with E-state index in [4.69, 9.17) is 16.3 Å². The number of halogens is 1. The van der Waals surface area contributed by atoms with Crippen molar-refractivity contribution < 1.29 is 14.5 Å². The molecule has 156 valence electrons. The summed E-state index contributed by atoms with van der Waals surface area (Å²) in [7, 11) is 1.60. The number of non-ortho nitro benzene ring substituents is 1. The quantitative estimate of drug-likeness (QED) is 0.272. The van der Waals surface area contributed by atoms with Gasteiger partial charge in [0.05, 0.1) is 28.0 Å². The largest absolute Gasteiger partial charge is 0.497 e. The Morgan fingerprint density at radius 1 is 1.27 bits per heavy atom. The lowest BCUT2D eigenvalue weighted by Crippen LogP contribution is -2.22. The van der Waals surface area contributed by atoms with Gasteiger partial charge in [-0.15, -0.1) is 10.2 Å². The Bertz CT molecular complexity index is 1060. The van der Waals surface area contributed by atoms with Gasteiger partial charge in [-0.3, -0.25) is 14.9 Å². The van der Waals surface area contributed by atoms with Crippen LogP contribution in [0.5, 0.6) is 5.75 Å². The van der Waals surface area contributed by atoms with Gasteiger partial charge < -0.3 is 15.4 Å². The summed E-state index contributed by atoms with van der Waals surface area (Å²) in [5.74, 6) is 0.442. The van der Waals surface area contributed by atoms with Crippen LogP contribution < -0.4 is 15.4 Å². The molecule has 3 aromatic rings. The lowest BCUT2D eigenvalue weighted by molar-refractivity contribution is -0.384. The minimum atomic E-state index is -0.553. The van der Waals surface area contributed by atoms with Crippen LogP contribution >= 0.6 is 34.7 Å². The average molecular weight is 466 g/mol. The van der Waals surface area contributed by atoms with Gasteiger partial charge in [-0.2, -0.15) is 0 Å². The van der Waals surface area contributed by atoms with E-state index in [-0.39, 0.29) is 16.6 Å². The highest BCUT2D eigenvalue weighted by Gasteiger charge is 2.19. The van der Waals surface area contributed by atoms with E-state index in [1.807, 2.05) is 24.3 Å². The molecule has 1 amide bonds. The van der Waals surface area contributed by atoms with Crippen LogP contribution in [-0.4, -0.2) is 33.4 Å². The normalized spacial score (nSPS) is 11.6. The van der Waals surface area contributed by atoms with Crippen molar-refractivity contribution in [2.45, 2.75) is 16.5 Å². The molecular formula is C18H16ClN5O4S2. The highest BCUT2D eigenvalue weighted by atomic mass is 35.5. The Balaban J connectivity index is 1.58. The fourth-order valence-electron chi connectivity index (χ4n) is 2.26. The van der Waals surface area contributed by atoms with Crippen molar-refractivity contribution in [3.05, 3.63) is 57.6 Å². The van der Waals surface area contributed by atoms with Crippen LogP contribution in [0.15, 0.2) is 46.8 Å². The van der Waals surface area contributed by atoms with Crippen molar-refractivity contribution in [1.29, 1.82) is 0 Å². The maximum atomic E-state index is 12.5. The monoisotopic (exact) mass is 465 g/mol. The van der Waals surface area contributed by atoms with E-state index < -0.39 is 10.2 Å². The molecule has 0 saturated heterocycles. The van der Waals surface area contributed by atoms with Crippen molar-refractivity contribution in [2.24, 2.45) is 0 Å². The first kappa shape index (κ1) is 21.8. The van der Waals surface area contributed by atoms with Gasteiger partial charge in [0, 0.05) is 17.8 Å². The molecule has 1 atom stereocenters. The maximum Gasteiger partial charge on any atom is 0.271 e. The molecule has 3 rings (SSSR count). The number of aromatic nitrogens is 2. The van der Waals surface area contributed by atoms with Gasteiger partial charge in [-0.05, 0) is 37.3 Å². The molecule has 12 heteroatoms. The molecular weight excluding hydrogens is 450 g/mol. The van der Waals surface area contributed by atoms with Crippen LogP contribution in [-0.2, 0) is 4.79 Å². The summed E-state index contributed by atoms with van der Waals surface area (Å²) in [6.45, 7) is 1.72. The first-order valence-corrected chi connectivity index (χ1v) is 10.6. The van der Waals surface area contributed by atoms with Crippen LogP contribution in [0.25, 0.3) is 0 Å². The molecule has 0 radical (unpaired) electrons. The van der Waals surface area contributed by atoms with Crippen LogP contribution in [0.2, 0.25) is 5.02 Å². The minimum Gasteiger partial charge on any atom is -0.497 e. The highest BCUT2D eigenvalue weighted by Crippen LogP contribution is 2.32. The fourth-order valence-corrected chi connectivity index (χ4v) is 4.40. The van der Waals surface area contributed by atoms with Crippen molar-refractivity contribution in [3.8, 4) is 5.75 Å². The number of hydrogen-bond donors (Lipinski definition) is 2. The van der Waals surface area contributed by atoms with Crippen molar-refractivity contribution in [2.75, 3.05) is 17.7 Å². The molecule has 0 saturated carbocycles. The third-order valence-electron chi connectivity index (χ3n) is 3.82. The fraction of sp³-hybridized carbons (Fsp3) is 0.167. The third kappa shape index (κ3) is 5.59. The number of amides is 1. The van der Waals surface area contributed by atoms with Crippen LogP contribution in [0.4, 0.5) is 22.2 Å². The van der Waals surface area contributed by atoms with Gasteiger partial charge >= 0.3 is 0 Å². The predicted molar refractivity (Wildman–Crippen MR) is 118 cm³/mol. The number of hydrogen-bond acceptors (Lipinski definition) is 9. The van der Waals surface area contributed by atoms with Crippen molar-refractivity contribution >= 4 is 62.8 Å². The first-order valence-electron chi connectivity index (χ1n) is 8.51. The lowest BCUT2D eigenvalue weighted by Gasteiger charge is -2.11. The van der Waals surface area contributed by atoms with E-state index >= 15 is 0 Å². The molecule has 2 aromatic carbocycles. The van der Waals surface area contributed by atoms with Gasteiger partial charge in [0.2, 0.25) is 11.0 Å². The molecule has 2 N–H and O–H groups in total. The predicted octanol–water partition coefficient (Wildman–Crippen LogP) is 4.97. The van der Waals surface area contributed by atoms with Gasteiger partial charge in [0.1, 0.15) is 5.75 Å². The number of carbonyl (C=O) groups excluding carboxylic acids is 1. The Morgan fingerprint density at radius 2 is 2.00 bits per heavy atom. The second-order valence-corrected chi connectivity index (χ2v) is 8.87. The standard InChI is InChI=1S/C18H16ClN5O4S2/c1-10(16(25)21-15-8-5-12(24(26)27)9-14(15)19)29-18-23-22-17(30-18)20-11-3-6-13(28-2)7-4-11/h3-10H,1-2H3,(H,20,22)(H,21,25). The molecule has 0 spiro atoms. The van der Waals surface area contributed by atoms with Crippen molar-refractivity contribution in [3.63, 3.8) is 0 Å². The molecule has 0 bridgehead atoms. The van der Waals surface area contributed by atoms with E-state index in [1.54, 1.807) is 14.0 Å². The van der Waals surface area contributed by atoms with Crippen LogP contribution in [0, 0.1) is 10.1 Å². The van der Waals surface area contributed by atoms with Gasteiger partial charge in [-0.1, -0.05) is 34.7 Å². The van der Waals surface area contributed by atoms with Crippen LogP contribution in [0.3, 0.4) is 0 Å². The number of rotatable bonds is 8. The summed E-state index contributed by atoms with van der Waals surface area (Å²) in [5, 5.41) is 25.0. The minimum absolute atomic E-state index is 0.0941. The van der Waals surface area contributed by atoms with Gasteiger partial charge in [0.15, 0.2) is 4.34 Å². The molecule has 30 heavy (non-hydrogen) atoms. The van der Waals surface area contributed by atoms with Gasteiger partial charge in [-0.25, -0.2) is 0 Å². The second kappa shape index (κ2) is 9.74. The number of nitrogens with zero attached hydrogens (tertiary/aromatic N) is 3.